The molecule has 0 amide bonds. The van der Waals surface area contributed by atoms with Crippen LogP contribution in [0.25, 0.3) is 0 Å². The molecular formula is C15H22N2. The van der Waals surface area contributed by atoms with Crippen molar-refractivity contribution in [2.45, 2.75) is 50.6 Å². The predicted molar refractivity (Wildman–Crippen MR) is 72.3 cm³/mol. The van der Waals surface area contributed by atoms with Gasteiger partial charge in [-0.2, -0.15) is 0 Å². The summed E-state index contributed by atoms with van der Waals surface area (Å²) in [5, 5.41) is 0. The van der Waals surface area contributed by atoms with Crippen LogP contribution >= 0.6 is 0 Å². The van der Waals surface area contributed by atoms with Gasteiger partial charge in [-0.15, -0.1) is 0 Å². The minimum absolute atomic E-state index is 0.744. The lowest BCUT2D eigenvalue weighted by Gasteiger charge is -2.39. The first-order valence-electron chi connectivity index (χ1n) is 6.96. The summed E-state index contributed by atoms with van der Waals surface area (Å²) >= 11 is 0. The molecule has 1 aromatic rings. The highest BCUT2D eigenvalue weighted by Crippen LogP contribution is 2.39. The zero-order valence-corrected chi connectivity index (χ0v) is 10.4. The third-order valence-electron chi connectivity index (χ3n) is 4.08. The third-order valence-corrected chi connectivity index (χ3v) is 4.08. The zero-order chi connectivity index (χ0) is 11.7. The van der Waals surface area contributed by atoms with Crippen molar-refractivity contribution in [1.82, 2.24) is 0 Å². The fraction of sp³-hybridized carbons (Fsp3) is 0.600. The van der Waals surface area contributed by atoms with E-state index in [-0.39, 0.29) is 0 Å². The summed E-state index contributed by atoms with van der Waals surface area (Å²) in [7, 11) is 0. The molecule has 2 aliphatic carbocycles. The average molecular weight is 230 g/mol. The molecule has 0 saturated heterocycles. The van der Waals surface area contributed by atoms with E-state index in [9.17, 15) is 0 Å². The number of nitrogens with zero attached hydrogens (tertiary/aromatic N) is 1. The molecule has 2 heteroatoms. The first-order valence-corrected chi connectivity index (χ1v) is 6.96. The summed E-state index contributed by atoms with van der Waals surface area (Å²) in [5.41, 5.74) is 8.38. The second-order valence-corrected chi connectivity index (χ2v) is 5.43. The van der Waals surface area contributed by atoms with Crippen LogP contribution in [0.2, 0.25) is 0 Å². The Morgan fingerprint density at radius 3 is 2.12 bits per heavy atom. The van der Waals surface area contributed by atoms with Crippen molar-refractivity contribution >= 4 is 5.69 Å². The first kappa shape index (κ1) is 11.1. The van der Waals surface area contributed by atoms with E-state index in [0.717, 1.165) is 25.0 Å². The van der Waals surface area contributed by atoms with E-state index < -0.39 is 0 Å². The molecule has 0 heterocycles. The van der Waals surface area contributed by atoms with Gasteiger partial charge in [0.1, 0.15) is 0 Å². The van der Waals surface area contributed by atoms with Crippen LogP contribution in [-0.2, 0) is 6.42 Å². The molecule has 0 atom stereocenters. The lowest BCUT2D eigenvalue weighted by Crippen LogP contribution is -2.41. The Morgan fingerprint density at radius 2 is 1.65 bits per heavy atom. The van der Waals surface area contributed by atoms with Crippen LogP contribution in [0.3, 0.4) is 0 Å². The van der Waals surface area contributed by atoms with Crippen LogP contribution in [0.4, 0.5) is 5.69 Å². The average Bonchev–Trinajstić information content (AvgIpc) is 3.09. The van der Waals surface area contributed by atoms with Gasteiger partial charge in [0.25, 0.3) is 0 Å². The molecule has 2 saturated carbocycles. The third kappa shape index (κ3) is 2.32. The van der Waals surface area contributed by atoms with Gasteiger partial charge in [0, 0.05) is 17.8 Å². The fourth-order valence-electron chi connectivity index (χ4n) is 2.74. The Labute approximate surface area is 104 Å². The van der Waals surface area contributed by atoms with Gasteiger partial charge >= 0.3 is 0 Å². The lowest BCUT2D eigenvalue weighted by molar-refractivity contribution is 0.384. The maximum absolute atomic E-state index is 5.59. The molecule has 3 rings (SSSR count). The van der Waals surface area contributed by atoms with Crippen molar-refractivity contribution in [3.63, 3.8) is 0 Å². The minimum Gasteiger partial charge on any atom is -0.366 e. The Kier molecular flexibility index (Phi) is 3.06. The summed E-state index contributed by atoms with van der Waals surface area (Å²) in [6.07, 6.45) is 7.97. The molecule has 0 bridgehead atoms. The van der Waals surface area contributed by atoms with Gasteiger partial charge in [-0.05, 0) is 62.8 Å². The number of rotatable bonds is 5. The molecule has 17 heavy (non-hydrogen) atoms. The van der Waals surface area contributed by atoms with E-state index in [2.05, 4.69) is 29.2 Å². The topological polar surface area (TPSA) is 29.3 Å². The van der Waals surface area contributed by atoms with Gasteiger partial charge in [0.15, 0.2) is 0 Å². The maximum Gasteiger partial charge on any atom is 0.0371 e. The predicted octanol–water partition coefficient (Wildman–Crippen LogP) is 2.71. The number of hydrogen-bond acceptors (Lipinski definition) is 2. The largest absolute Gasteiger partial charge is 0.366 e. The molecule has 1 aromatic carbocycles. The molecule has 2 nitrogen and oxygen atoms in total. The van der Waals surface area contributed by atoms with Crippen LogP contribution in [-0.4, -0.2) is 18.6 Å². The van der Waals surface area contributed by atoms with Crippen LogP contribution in [0.15, 0.2) is 24.3 Å². The van der Waals surface area contributed by atoms with E-state index in [1.807, 2.05) is 0 Å². The number of nitrogens with two attached hydrogens (primary N) is 1. The van der Waals surface area contributed by atoms with Crippen molar-refractivity contribution in [2.75, 3.05) is 11.4 Å². The highest BCUT2D eigenvalue weighted by atomic mass is 15.2. The molecule has 0 radical (unpaired) electrons. The van der Waals surface area contributed by atoms with E-state index in [0.29, 0.717) is 0 Å². The summed E-state index contributed by atoms with van der Waals surface area (Å²) in [4.78, 5) is 2.68. The van der Waals surface area contributed by atoms with E-state index in [4.69, 9.17) is 5.73 Å². The van der Waals surface area contributed by atoms with Crippen molar-refractivity contribution < 1.29 is 0 Å². The maximum atomic E-state index is 5.59. The Bertz CT molecular complexity index is 363. The highest BCUT2D eigenvalue weighted by molar-refractivity contribution is 5.51. The molecule has 2 fully saturated rings. The van der Waals surface area contributed by atoms with E-state index >= 15 is 0 Å². The van der Waals surface area contributed by atoms with Crippen molar-refractivity contribution in [3.8, 4) is 0 Å². The van der Waals surface area contributed by atoms with Crippen LogP contribution in [0.5, 0.6) is 0 Å². The van der Waals surface area contributed by atoms with Gasteiger partial charge in [-0.25, -0.2) is 0 Å². The smallest absolute Gasteiger partial charge is 0.0371 e. The molecule has 0 unspecified atom stereocenters. The molecule has 2 aliphatic rings. The van der Waals surface area contributed by atoms with Crippen LogP contribution < -0.4 is 10.6 Å². The second-order valence-electron chi connectivity index (χ2n) is 5.43. The normalized spacial score (nSPS) is 20.1. The zero-order valence-electron chi connectivity index (χ0n) is 10.4. The standard InChI is InChI=1S/C15H22N2/c16-11-10-12-4-6-14(7-5-12)17(15-8-9-15)13-2-1-3-13/h4-7,13,15H,1-3,8-11,16H2. The molecule has 2 N–H and O–H groups in total. The lowest BCUT2D eigenvalue weighted by atomic mass is 9.90. The minimum atomic E-state index is 0.744. The van der Waals surface area contributed by atoms with Crippen molar-refractivity contribution in [3.05, 3.63) is 29.8 Å². The number of anilines is 1. The Balaban J connectivity index is 1.75. The molecular weight excluding hydrogens is 208 g/mol. The van der Waals surface area contributed by atoms with Gasteiger partial charge in [0.05, 0.1) is 0 Å². The summed E-state index contributed by atoms with van der Waals surface area (Å²) in [6, 6.07) is 10.7. The first-order chi connectivity index (χ1) is 8.38. The van der Waals surface area contributed by atoms with Gasteiger partial charge in [-0.3, -0.25) is 0 Å². The van der Waals surface area contributed by atoms with Crippen molar-refractivity contribution in [2.24, 2.45) is 5.73 Å². The van der Waals surface area contributed by atoms with Crippen LogP contribution in [0, 0.1) is 0 Å². The quantitative estimate of drug-likeness (QED) is 0.842. The summed E-state index contributed by atoms with van der Waals surface area (Å²) in [6.45, 7) is 0.744. The summed E-state index contributed by atoms with van der Waals surface area (Å²) in [5.74, 6) is 0. The molecule has 92 valence electrons. The Morgan fingerprint density at radius 1 is 1.00 bits per heavy atom. The molecule has 0 spiro atoms. The fourth-order valence-corrected chi connectivity index (χ4v) is 2.74. The summed E-state index contributed by atoms with van der Waals surface area (Å²) < 4.78 is 0. The van der Waals surface area contributed by atoms with Gasteiger partial charge < -0.3 is 10.6 Å². The van der Waals surface area contributed by atoms with Gasteiger partial charge in [0.2, 0.25) is 0 Å². The van der Waals surface area contributed by atoms with E-state index in [1.165, 1.54) is 43.4 Å². The monoisotopic (exact) mass is 230 g/mol. The van der Waals surface area contributed by atoms with Crippen LogP contribution in [0.1, 0.15) is 37.7 Å². The molecule has 0 aliphatic heterocycles. The SMILES string of the molecule is NCCc1ccc(N(C2CCC2)C2CC2)cc1. The van der Waals surface area contributed by atoms with Crippen molar-refractivity contribution in [1.29, 1.82) is 0 Å². The highest BCUT2D eigenvalue weighted by Gasteiger charge is 2.36. The number of hydrogen-bond donors (Lipinski definition) is 1. The van der Waals surface area contributed by atoms with E-state index in [1.54, 1.807) is 0 Å². The Hall–Kier alpha value is -1.02. The second kappa shape index (κ2) is 4.69. The van der Waals surface area contributed by atoms with Gasteiger partial charge in [-0.1, -0.05) is 12.1 Å². The number of benzene rings is 1. The molecule has 0 aromatic heterocycles.